The Morgan fingerprint density at radius 1 is 1.06 bits per heavy atom. The Labute approximate surface area is 99.9 Å². The van der Waals surface area contributed by atoms with Crippen LogP contribution >= 0.6 is 0 Å². The molecular formula is C15H26O. The summed E-state index contributed by atoms with van der Waals surface area (Å²) in [5.74, 6) is 3.95. The highest BCUT2D eigenvalue weighted by Gasteiger charge is 2.48. The fourth-order valence-electron chi connectivity index (χ4n) is 4.02. The van der Waals surface area contributed by atoms with Crippen molar-refractivity contribution in [3.63, 3.8) is 0 Å². The van der Waals surface area contributed by atoms with Crippen LogP contribution in [-0.2, 0) is 0 Å². The number of aliphatic hydroxyl groups is 1. The normalized spacial score (nSPS) is 38.9. The van der Waals surface area contributed by atoms with Crippen LogP contribution in [0.15, 0.2) is 12.2 Å². The van der Waals surface area contributed by atoms with Gasteiger partial charge in [0.2, 0.25) is 0 Å². The molecule has 0 aromatic heterocycles. The Balaban J connectivity index is 2.10. The highest BCUT2D eigenvalue weighted by atomic mass is 16.3. The van der Waals surface area contributed by atoms with Gasteiger partial charge in [0.1, 0.15) is 0 Å². The second-order valence-electron chi connectivity index (χ2n) is 6.54. The first-order valence-electron chi connectivity index (χ1n) is 6.87. The largest absolute Gasteiger partial charge is 0.393 e. The number of hydrogen-bond donors (Lipinski definition) is 1. The average Bonchev–Trinajstić information content (AvgIpc) is 2.74. The van der Waals surface area contributed by atoms with Crippen molar-refractivity contribution < 1.29 is 5.11 Å². The van der Waals surface area contributed by atoms with E-state index in [1.807, 2.05) is 0 Å². The van der Waals surface area contributed by atoms with Crippen molar-refractivity contribution in [1.82, 2.24) is 0 Å². The molecule has 0 amide bonds. The molecule has 0 spiro atoms. The van der Waals surface area contributed by atoms with E-state index >= 15 is 0 Å². The second kappa shape index (κ2) is 4.52. The van der Waals surface area contributed by atoms with E-state index in [0.29, 0.717) is 29.6 Å². The maximum Gasteiger partial charge on any atom is 0.0579 e. The fraction of sp³-hybridized carbons (Fsp3) is 0.867. The van der Waals surface area contributed by atoms with Gasteiger partial charge in [0.25, 0.3) is 0 Å². The van der Waals surface area contributed by atoms with Crippen molar-refractivity contribution >= 4 is 0 Å². The van der Waals surface area contributed by atoms with Gasteiger partial charge < -0.3 is 5.11 Å². The number of fused-ring (bicyclic) bond motifs is 2. The highest BCUT2D eigenvalue weighted by Crippen LogP contribution is 2.52. The van der Waals surface area contributed by atoms with Gasteiger partial charge in [-0.15, -0.1) is 0 Å². The molecule has 0 aromatic rings. The van der Waals surface area contributed by atoms with E-state index < -0.39 is 0 Å². The van der Waals surface area contributed by atoms with E-state index in [1.165, 1.54) is 6.42 Å². The Hall–Kier alpha value is -0.300. The quantitative estimate of drug-likeness (QED) is 0.722. The SMILES string of the molecule is CC(C)C[C@@H](O)[C@H]1[C@@H](C(C)C)[C@H]2C=C[C@H]1C2. The molecule has 1 fully saturated rings. The van der Waals surface area contributed by atoms with E-state index in [2.05, 4.69) is 39.8 Å². The lowest BCUT2D eigenvalue weighted by Gasteiger charge is -2.35. The summed E-state index contributed by atoms with van der Waals surface area (Å²) in [6.45, 7) is 9.04. The summed E-state index contributed by atoms with van der Waals surface area (Å²) in [6, 6.07) is 0. The molecule has 2 aliphatic rings. The molecule has 1 nitrogen and oxygen atoms in total. The Morgan fingerprint density at radius 2 is 1.62 bits per heavy atom. The van der Waals surface area contributed by atoms with E-state index in [1.54, 1.807) is 0 Å². The van der Waals surface area contributed by atoms with Crippen LogP contribution in [0.5, 0.6) is 0 Å². The van der Waals surface area contributed by atoms with Gasteiger partial charge in [-0.2, -0.15) is 0 Å². The number of aliphatic hydroxyl groups excluding tert-OH is 1. The first-order valence-corrected chi connectivity index (χ1v) is 6.87. The fourth-order valence-corrected chi connectivity index (χ4v) is 4.02. The van der Waals surface area contributed by atoms with Crippen molar-refractivity contribution in [1.29, 1.82) is 0 Å². The molecule has 1 heteroatoms. The molecule has 1 saturated carbocycles. The molecule has 2 aliphatic carbocycles. The minimum absolute atomic E-state index is 0.0904. The standard InChI is InChI=1S/C15H26O/c1-9(2)7-13(16)15-12-6-5-11(8-12)14(15)10(3)4/h5-6,9-16H,7-8H2,1-4H3/t11-,12-,13+,14-,15-/m0/s1. The summed E-state index contributed by atoms with van der Waals surface area (Å²) < 4.78 is 0. The number of rotatable bonds is 4. The summed E-state index contributed by atoms with van der Waals surface area (Å²) >= 11 is 0. The summed E-state index contributed by atoms with van der Waals surface area (Å²) in [5.41, 5.74) is 0. The summed E-state index contributed by atoms with van der Waals surface area (Å²) in [5, 5.41) is 10.4. The maximum atomic E-state index is 10.4. The first-order chi connectivity index (χ1) is 7.50. The van der Waals surface area contributed by atoms with Gasteiger partial charge in [0.15, 0.2) is 0 Å². The van der Waals surface area contributed by atoms with Gasteiger partial charge >= 0.3 is 0 Å². The molecule has 5 atom stereocenters. The summed E-state index contributed by atoms with van der Waals surface area (Å²) in [7, 11) is 0. The molecule has 1 N–H and O–H groups in total. The molecule has 0 aromatic carbocycles. The lowest BCUT2D eigenvalue weighted by Crippen LogP contribution is -2.34. The van der Waals surface area contributed by atoms with Crippen LogP contribution in [-0.4, -0.2) is 11.2 Å². The van der Waals surface area contributed by atoms with Gasteiger partial charge in [-0.05, 0) is 48.3 Å². The molecule has 92 valence electrons. The van der Waals surface area contributed by atoms with Crippen molar-refractivity contribution in [3.05, 3.63) is 12.2 Å². The van der Waals surface area contributed by atoms with Crippen LogP contribution in [0, 0.1) is 35.5 Å². The van der Waals surface area contributed by atoms with E-state index in [9.17, 15) is 5.11 Å². The van der Waals surface area contributed by atoms with Gasteiger partial charge in [-0.25, -0.2) is 0 Å². The zero-order valence-electron chi connectivity index (χ0n) is 11.1. The van der Waals surface area contributed by atoms with E-state index in [4.69, 9.17) is 0 Å². The average molecular weight is 222 g/mol. The molecule has 2 bridgehead atoms. The van der Waals surface area contributed by atoms with Gasteiger partial charge in [-0.3, -0.25) is 0 Å². The zero-order valence-corrected chi connectivity index (χ0v) is 11.1. The predicted octanol–water partition coefficient (Wildman–Crippen LogP) is 3.49. The molecule has 0 radical (unpaired) electrons. The monoisotopic (exact) mass is 222 g/mol. The molecule has 0 heterocycles. The minimum Gasteiger partial charge on any atom is -0.393 e. The van der Waals surface area contributed by atoms with Gasteiger partial charge in [0, 0.05) is 0 Å². The molecule has 0 unspecified atom stereocenters. The summed E-state index contributed by atoms with van der Waals surface area (Å²) in [6.07, 6.45) is 6.92. The van der Waals surface area contributed by atoms with Crippen LogP contribution in [0.3, 0.4) is 0 Å². The lowest BCUT2D eigenvalue weighted by atomic mass is 9.72. The first kappa shape index (κ1) is 12.2. The van der Waals surface area contributed by atoms with E-state index in [-0.39, 0.29) is 6.10 Å². The third kappa shape index (κ3) is 2.07. The smallest absolute Gasteiger partial charge is 0.0579 e. The molecule has 0 aliphatic heterocycles. The lowest BCUT2D eigenvalue weighted by molar-refractivity contribution is 0.0340. The Morgan fingerprint density at radius 3 is 2.12 bits per heavy atom. The maximum absolute atomic E-state index is 10.4. The van der Waals surface area contributed by atoms with Crippen LogP contribution in [0.2, 0.25) is 0 Å². The van der Waals surface area contributed by atoms with Crippen LogP contribution < -0.4 is 0 Å². The third-order valence-electron chi connectivity index (χ3n) is 4.51. The molecule has 16 heavy (non-hydrogen) atoms. The van der Waals surface area contributed by atoms with Crippen molar-refractivity contribution in [2.24, 2.45) is 35.5 Å². The number of hydrogen-bond acceptors (Lipinski definition) is 1. The molecule has 0 saturated heterocycles. The third-order valence-corrected chi connectivity index (χ3v) is 4.51. The zero-order chi connectivity index (χ0) is 11.9. The van der Waals surface area contributed by atoms with Crippen LogP contribution in [0.4, 0.5) is 0 Å². The van der Waals surface area contributed by atoms with Crippen LogP contribution in [0.1, 0.15) is 40.5 Å². The summed E-state index contributed by atoms with van der Waals surface area (Å²) in [4.78, 5) is 0. The van der Waals surface area contributed by atoms with Crippen molar-refractivity contribution in [3.8, 4) is 0 Å². The molecular weight excluding hydrogens is 196 g/mol. The second-order valence-corrected chi connectivity index (χ2v) is 6.54. The van der Waals surface area contributed by atoms with Gasteiger partial charge in [-0.1, -0.05) is 39.8 Å². The van der Waals surface area contributed by atoms with Crippen LogP contribution in [0.25, 0.3) is 0 Å². The topological polar surface area (TPSA) is 20.2 Å². The molecule has 2 rings (SSSR count). The number of allylic oxidation sites excluding steroid dienone is 2. The predicted molar refractivity (Wildman–Crippen MR) is 68.0 cm³/mol. The minimum atomic E-state index is -0.0904. The highest BCUT2D eigenvalue weighted by molar-refractivity contribution is 5.15. The van der Waals surface area contributed by atoms with Gasteiger partial charge in [0.05, 0.1) is 6.10 Å². The van der Waals surface area contributed by atoms with Crippen molar-refractivity contribution in [2.45, 2.75) is 46.6 Å². The Bertz CT molecular complexity index is 267. The Kier molecular flexibility index (Phi) is 3.44. The van der Waals surface area contributed by atoms with Crippen molar-refractivity contribution in [2.75, 3.05) is 0 Å². The van der Waals surface area contributed by atoms with E-state index in [0.717, 1.165) is 12.3 Å².